The maximum absolute atomic E-state index is 14.2. The molecule has 0 bridgehead atoms. The van der Waals surface area contributed by atoms with Crippen LogP contribution in [0.15, 0.2) is 115 Å². The molecule has 9 heteroatoms. The Kier molecular flexibility index (Phi) is 7.99. The zero-order valence-electron chi connectivity index (χ0n) is 27.3. The molecule has 0 atom stereocenters. The number of hydrogen-bond donors (Lipinski definition) is 1. The second-order valence-electron chi connectivity index (χ2n) is 12.0. The first kappa shape index (κ1) is 30.7. The second kappa shape index (κ2) is 12.8. The Morgan fingerprint density at radius 2 is 1.49 bits per heavy atom. The van der Waals surface area contributed by atoms with Crippen LogP contribution in [-0.4, -0.2) is 57.7 Å². The van der Waals surface area contributed by atoms with Crippen LogP contribution in [0, 0.1) is 0 Å². The van der Waals surface area contributed by atoms with Crippen molar-refractivity contribution in [3.05, 3.63) is 127 Å². The zero-order chi connectivity index (χ0) is 33.5. The van der Waals surface area contributed by atoms with Gasteiger partial charge in [-0.2, -0.15) is 5.10 Å². The molecule has 0 spiro atoms. The molecule has 242 valence electrons. The van der Waals surface area contributed by atoms with E-state index in [1.807, 2.05) is 108 Å². The van der Waals surface area contributed by atoms with E-state index < -0.39 is 0 Å². The summed E-state index contributed by atoms with van der Waals surface area (Å²) in [6.07, 6.45) is 2.00. The van der Waals surface area contributed by atoms with Crippen molar-refractivity contribution in [3.8, 4) is 27.5 Å². The van der Waals surface area contributed by atoms with Gasteiger partial charge < -0.3 is 10.2 Å². The number of para-hydroxylation sites is 2. The third-order valence-corrected chi connectivity index (χ3v) is 10.3. The zero-order valence-corrected chi connectivity index (χ0v) is 28.1. The van der Waals surface area contributed by atoms with Gasteiger partial charge in [-0.1, -0.05) is 68.4 Å². The van der Waals surface area contributed by atoms with Crippen molar-refractivity contribution in [2.75, 3.05) is 36.4 Å². The minimum absolute atomic E-state index is 0.346. The lowest BCUT2D eigenvalue weighted by molar-refractivity contribution is 0.0893. The molecule has 0 fully saturated rings. The molecule has 1 aliphatic heterocycles. The molecule has 8 nitrogen and oxygen atoms in total. The summed E-state index contributed by atoms with van der Waals surface area (Å²) >= 11 is 1.61. The van der Waals surface area contributed by atoms with E-state index in [9.17, 15) is 9.59 Å². The van der Waals surface area contributed by atoms with Crippen LogP contribution in [0.2, 0.25) is 0 Å². The number of benzene rings is 5. The van der Waals surface area contributed by atoms with E-state index in [4.69, 9.17) is 10.1 Å². The van der Waals surface area contributed by atoms with Gasteiger partial charge in [-0.05, 0) is 67.7 Å². The average molecular weight is 663 g/mol. The summed E-state index contributed by atoms with van der Waals surface area (Å²) in [7, 11) is 0. The van der Waals surface area contributed by atoms with Crippen LogP contribution >= 0.6 is 11.3 Å². The molecule has 1 N–H and O–H groups in total. The maximum Gasteiger partial charge on any atom is 0.265 e. The Morgan fingerprint density at radius 1 is 0.755 bits per heavy atom. The Balaban J connectivity index is 1.18. The minimum Gasteiger partial charge on any atom is -0.383 e. The maximum atomic E-state index is 14.2. The fraction of sp³-hybridized carbons (Fsp3) is 0.150. The van der Waals surface area contributed by atoms with Crippen LogP contribution in [0.3, 0.4) is 0 Å². The molecule has 0 saturated heterocycles. The number of anilines is 2. The first-order valence-corrected chi connectivity index (χ1v) is 17.4. The summed E-state index contributed by atoms with van der Waals surface area (Å²) in [5.74, 6) is -0.691. The standard InChI is InChI=1S/C40H34N6O2S/c1-3-44(4-2)23-22-41-33-21-20-31-36-29(33)16-11-17-30(36)39(47)46(40(31)48)28-15-10-12-26(24-28)37-32(25-45(43-37)27-13-6-5-7-14-27)38-42-34-18-8-9-19-35(34)49-38/h5-21,24-25,41H,3-4,22-23H2,1-2H3. The van der Waals surface area contributed by atoms with Gasteiger partial charge in [0.2, 0.25) is 0 Å². The predicted octanol–water partition coefficient (Wildman–Crippen LogP) is 8.52. The first-order chi connectivity index (χ1) is 24.0. The third kappa shape index (κ3) is 5.47. The number of nitrogens with one attached hydrogen (secondary N) is 1. The molecule has 0 radical (unpaired) electrons. The Labute approximate surface area is 288 Å². The number of aromatic nitrogens is 3. The van der Waals surface area contributed by atoms with Gasteiger partial charge >= 0.3 is 0 Å². The van der Waals surface area contributed by atoms with E-state index >= 15 is 0 Å². The van der Waals surface area contributed by atoms with Gasteiger partial charge in [-0.15, -0.1) is 11.3 Å². The van der Waals surface area contributed by atoms with Crippen molar-refractivity contribution in [2.45, 2.75) is 13.8 Å². The van der Waals surface area contributed by atoms with Crippen LogP contribution in [-0.2, 0) is 0 Å². The van der Waals surface area contributed by atoms with Gasteiger partial charge in [-0.25, -0.2) is 14.6 Å². The van der Waals surface area contributed by atoms with Crippen LogP contribution in [0.4, 0.5) is 11.4 Å². The molecule has 0 saturated carbocycles. The van der Waals surface area contributed by atoms with Crippen molar-refractivity contribution >= 4 is 55.5 Å². The number of carbonyl (C=O) groups excluding carboxylic acids is 2. The number of amides is 2. The Bertz CT molecular complexity index is 2300. The lowest BCUT2D eigenvalue weighted by Gasteiger charge is -2.28. The lowest BCUT2D eigenvalue weighted by atomic mass is 9.92. The van der Waals surface area contributed by atoms with Crippen molar-refractivity contribution in [1.29, 1.82) is 0 Å². The number of fused-ring (bicyclic) bond motifs is 1. The highest BCUT2D eigenvalue weighted by molar-refractivity contribution is 7.21. The molecular weight excluding hydrogens is 629 g/mol. The van der Waals surface area contributed by atoms with Gasteiger partial charge in [0.15, 0.2) is 0 Å². The van der Waals surface area contributed by atoms with Crippen LogP contribution in [0.25, 0.3) is 48.5 Å². The van der Waals surface area contributed by atoms with Crippen molar-refractivity contribution in [1.82, 2.24) is 19.7 Å². The number of nitrogens with zero attached hydrogens (tertiary/aromatic N) is 5. The quantitative estimate of drug-likeness (QED) is 0.148. The molecule has 2 amide bonds. The predicted molar refractivity (Wildman–Crippen MR) is 199 cm³/mol. The van der Waals surface area contributed by atoms with E-state index in [-0.39, 0.29) is 11.8 Å². The highest BCUT2D eigenvalue weighted by Crippen LogP contribution is 2.40. The molecule has 8 rings (SSSR count). The van der Waals surface area contributed by atoms with Gasteiger partial charge in [0.05, 0.1) is 27.2 Å². The monoisotopic (exact) mass is 662 g/mol. The number of imide groups is 1. The van der Waals surface area contributed by atoms with Gasteiger partial charge in [0.25, 0.3) is 11.8 Å². The van der Waals surface area contributed by atoms with Crippen molar-refractivity contribution in [2.24, 2.45) is 0 Å². The van der Waals surface area contributed by atoms with Gasteiger partial charge in [0.1, 0.15) is 10.7 Å². The summed E-state index contributed by atoms with van der Waals surface area (Å²) in [5.41, 5.74) is 6.62. The van der Waals surface area contributed by atoms with Gasteiger partial charge in [0, 0.05) is 52.4 Å². The second-order valence-corrected chi connectivity index (χ2v) is 13.0. The summed E-state index contributed by atoms with van der Waals surface area (Å²) in [5, 5.41) is 11.0. The van der Waals surface area contributed by atoms with Crippen LogP contribution < -0.4 is 10.2 Å². The molecule has 7 aromatic rings. The Hall–Kier alpha value is -5.64. The van der Waals surface area contributed by atoms with Gasteiger partial charge in [-0.3, -0.25) is 9.59 Å². The molecule has 3 heterocycles. The number of rotatable bonds is 10. The molecule has 5 aromatic carbocycles. The highest BCUT2D eigenvalue weighted by Gasteiger charge is 2.35. The lowest BCUT2D eigenvalue weighted by Crippen LogP contribution is -2.40. The summed E-state index contributed by atoms with van der Waals surface area (Å²) in [6, 6.07) is 35.0. The molecule has 0 unspecified atom stereocenters. The van der Waals surface area contributed by atoms with Crippen molar-refractivity contribution < 1.29 is 9.59 Å². The van der Waals surface area contributed by atoms with E-state index in [0.717, 1.165) is 69.3 Å². The molecule has 49 heavy (non-hydrogen) atoms. The smallest absolute Gasteiger partial charge is 0.265 e. The van der Waals surface area contributed by atoms with E-state index in [1.165, 1.54) is 4.90 Å². The van der Waals surface area contributed by atoms with E-state index in [1.54, 1.807) is 17.4 Å². The number of carbonyl (C=O) groups is 2. The number of hydrogen-bond acceptors (Lipinski definition) is 7. The average Bonchev–Trinajstić information content (AvgIpc) is 3.79. The fourth-order valence-corrected chi connectivity index (χ4v) is 7.59. The first-order valence-electron chi connectivity index (χ1n) is 16.6. The molecular formula is C40H34N6O2S. The number of likely N-dealkylation sites (N-methyl/N-ethyl adjacent to an activating group) is 1. The minimum atomic E-state index is -0.346. The normalized spacial score (nSPS) is 12.8. The van der Waals surface area contributed by atoms with Crippen molar-refractivity contribution in [3.63, 3.8) is 0 Å². The third-order valence-electron chi connectivity index (χ3n) is 9.18. The van der Waals surface area contributed by atoms with E-state index in [2.05, 4.69) is 30.1 Å². The SMILES string of the molecule is CCN(CC)CCNc1ccc2c3c(cccc13)C(=O)N(c1cccc(-c3nn(-c4ccccc4)cc3-c3nc4ccccc4s3)c1)C2=O. The summed E-state index contributed by atoms with van der Waals surface area (Å²) < 4.78 is 2.94. The topological polar surface area (TPSA) is 83.4 Å². The van der Waals surface area contributed by atoms with Crippen LogP contribution in [0.1, 0.15) is 34.6 Å². The molecule has 1 aliphatic rings. The highest BCUT2D eigenvalue weighted by atomic mass is 32.1. The van der Waals surface area contributed by atoms with Crippen LogP contribution in [0.5, 0.6) is 0 Å². The van der Waals surface area contributed by atoms with E-state index in [0.29, 0.717) is 27.9 Å². The summed E-state index contributed by atoms with van der Waals surface area (Å²) in [6.45, 7) is 7.95. The summed E-state index contributed by atoms with van der Waals surface area (Å²) in [4.78, 5) is 36.9. The Morgan fingerprint density at radius 3 is 2.29 bits per heavy atom. The number of thiazole rings is 1. The molecule has 2 aromatic heterocycles. The fourth-order valence-electron chi connectivity index (χ4n) is 6.61. The molecule has 0 aliphatic carbocycles. The largest absolute Gasteiger partial charge is 0.383 e.